The zero-order valence-corrected chi connectivity index (χ0v) is 24.0. The molecule has 1 fully saturated rings. The van der Waals surface area contributed by atoms with Gasteiger partial charge in [-0.05, 0) is 66.0 Å². The van der Waals surface area contributed by atoms with Crippen molar-refractivity contribution < 1.29 is 9.59 Å². The number of nitrogens with one attached hydrogen (secondary N) is 1. The molecule has 4 nitrogen and oxygen atoms in total. The summed E-state index contributed by atoms with van der Waals surface area (Å²) >= 11 is 0. The highest BCUT2D eigenvalue weighted by molar-refractivity contribution is 5.99. The predicted octanol–water partition coefficient (Wildman–Crippen LogP) is 7.23. The third-order valence-corrected chi connectivity index (χ3v) is 8.22. The van der Waals surface area contributed by atoms with E-state index in [4.69, 9.17) is 0 Å². The smallest absolute Gasteiger partial charge is 0.227 e. The van der Waals surface area contributed by atoms with E-state index in [1.807, 2.05) is 54.6 Å². The van der Waals surface area contributed by atoms with Crippen LogP contribution in [0.4, 0.5) is 5.69 Å². The summed E-state index contributed by atoms with van der Waals surface area (Å²) in [5.41, 5.74) is 6.39. The van der Waals surface area contributed by atoms with Crippen LogP contribution in [0.25, 0.3) is 0 Å². The maximum absolute atomic E-state index is 13.3. The molecule has 1 amide bonds. The highest BCUT2D eigenvalue weighted by Gasteiger charge is 2.32. The molecule has 0 saturated carbocycles. The van der Waals surface area contributed by atoms with Gasteiger partial charge in [0.15, 0.2) is 5.78 Å². The summed E-state index contributed by atoms with van der Waals surface area (Å²) in [7, 11) is 0. The molecule has 0 aromatic heterocycles. The number of Topliss-reactive ketones (excluding diaryl/α,β-unsaturated/α-hetero) is 1. The number of amides is 1. The third kappa shape index (κ3) is 7.32. The first-order valence-electron chi connectivity index (χ1n) is 14.9. The van der Waals surface area contributed by atoms with Gasteiger partial charge in [0.05, 0.1) is 5.92 Å². The number of anilines is 1. The Morgan fingerprint density at radius 2 is 1.41 bits per heavy atom. The molecule has 1 saturated heterocycles. The lowest BCUT2D eigenvalue weighted by molar-refractivity contribution is -0.124. The van der Waals surface area contributed by atoms with Crippen LogP contribution in [0.1, 0.15) is 64.7 Å². The van der Waals surface area contributed by atoms with E-state index < -0.39 is 0 Å². The number of carbonyl (C=O) groups excluding carboxylic acids is 2. The fourth-order valence-electron chi connectivity index (χ4n) is 6.01. The summed E-state index contributed by atoms with van der Waals surface area (Å²) < 4.78 is 0. The van der Waals surface area contributed by atoms with E-state index in [1.165, 1.54) is 11.3 Å². The second kappa shape index (κ2) is 13.9. The summed E-state index contributed by atoms with van der Waals surface area (Å²) in [6.45, 7) is 4.64. The molecule has 0 aliphatic carbocycles. The molecule has 0 bridgehead atoms. The zero-order valence-electron chi connectivity index (χ0n) is 24.0. The van der Waals surface area contributed by atoms with Crippen LogP contribution in [-0.2, 0) is 17.6 Å². The Morgan fingerprint density at radius 1 is 0.780 bits per heavy atom. The normalized spacial score (nSPS) is 14.4. The lowest BCUT2D eigenvalue weighted by Gasteiger charge is -2.37. The van der Waals surface area contributed by atoms with Crippen molar-refractivity contribution in [3.05, 3.63) is 137 Å². The topological polar surface area (TPSA) is 49.4 Å². The number of carbonyl (C=O) groups is 2. The van der Waals surface area contributed by atoms with Crippen molar-refractivity contribution in [3.63, 3.8) is 0 Å². The van der Waals surface area contributed by atoms with Crippen molar-refractivity contribution in [2.24, 2.45) is 5.92 Å². The molecule has 4 heteroatoms. The van der Waals surface area contributed by atoms with Gasteiger partial charge in [-0.15, -0.1) is 0 Å². The highest BCUT2D eigenvalue weighted by atomic mass is 16.2. The van der Waals surface area contributed by atoms with Crippen LogP contribution in [0, 0.1) is 5.92 Å². The average molecular weight is 545 g/mol. The molecule has 0 radical (unpaired) electrons. The minimum Gasteiger partial charge on any atom is -0.372 e. The molecule has 41 heavy (non-hydrogen) atoms. The molecule has 5 rings (SSSR count). The van der Waals surface area contributed by atoms with Gasteiger partial charge in [-0.2, -0.15) is 0 Å². The molecular formula is C37H40N2O2. The van der Waals surface area contributed by atoms with E-state index in [0.717, 1.165) is 61.0 Å². The maximum atomic E-state index is 13.3. The first-order chi connectivity index (χ1) is 20.1. The molecule has 4 aromatic carbocycles. The average Bonchev–Trinajstić information content (AvgIpc) is 3.02. The van der Waals surface area contributed by atoms with E-state index in [0.29, 0.717) is 18.9 Å². The fourth-order valence-corrected chi connectivity index (χ4v) is 6.01. The molecule has 1 unspecified atom stereocenters. The second-order valence-corrected chi connectivity index (χ2v) is 11.1. The summed E-state index contributed by atoms with van der Waals surface area (Å²) in [4.78, 5) is 28.9. The first kappa shape index (κ1) is 28.4. The molecule has 1 atom stereocenters. The van der Waals surface area contributed by atoms with Gasteiger partial charge in [-0.25, -0.2) is 0 Å². The van der Waals surface area contributed by atoms with Crippen molar-refractivity contribution in [3.8, 4) is 0 Å². The van der Waals surface area contributed by atoms with Gasteiger partial charge in [0, 0.05) is 37.3 Å². The number of hydrogen-bond donors (Lipinski definition) is 1. The van der Waals surface area contributed by atoms with Gasteiger partial charge in [0.25, 0.3) is 0 Å². The minimum absolute atomic E-state index is 0.108. The number of ketones is 1. The van der Waals surface area contributed by atoms with Crippen LogP contribution >= 0.6 is 0 Å². The largest absolute Gasteiger partial charge is 0.372 e. The number of nitrogens with zero attached hydrogens (tertiary/aromatic N) is 1. The van der Waals surface area contributed by atoms with Gasteiger partial charge in [0.1, 0.15) is 0 Å². The Morgan fingerprint density at radius 3 is 2.10 bits per heavy atom. The van der Waals surface area contributed by atoms with Crippen molar-refractivity contribution in [2.45, 2.75) is 44.9 Å². The summed E-state index contributed by atoms with van der Waals surface area (Å²) in [6.07, 6.45) is 4.02. The van der Waals surface area contributed by atoms with Crippen LogP contribution in [0.2, 0.25) is 0 Å². The predicted molar refractivity (Wildman–Crippen MR) is 168 cm³/mol. The van der Waals surface area contributed by atoms with Gasteiger partial charge in [-0.1, -0.05) is 104 Å². The summed E-state index contributed by atoms with van der Waals surface area (Å²) in [6, 6.07) is 36.9. The zero-order chi connectivity index (χ0) is 28.4. The second-order valence-electron chi connectivity index (χ2n) is 11.1. The maximum Gasteiger partial charge on any atom is 0.227 e. The van der Waals surface area contributed by atoms with E-state index in [9.17, 15) is 9.59 Å². The Bertz CT molecular complexity index is 1410. The summed E-state index contributed by atoms with van der Waals surface area (Å²) in [5.74, 6) is 0.510. The van der Waals surface area contributed by atoms with Crippen molar-refractivity contribution in [1.29, 1.82) is 0 Å². The molecular weight excluding hydrogens is 504 g/mol. The lowest BCUT2D eigenvalue weighted by Crippen LogP contribution is -2.40. The number of piperidine rings is 1. The van der Waals surface area contributed by atoms with E-state index in [2.05, 4.69) is 71.7 Å². The van der Waals surface area contributed by atoms with E-state index >= 15 is 0 Å². The van der Waals surface area contributed by atoms with Gasteiger partial charge in [-0.3, -0.25) is 9.59 Å². The molecule has 210 valence electrons. The Hall–Kier alpha value is -4.18. The quantitative estimate of drug-likeness (QED) is 0.203. The molecule has 1 aliphatic heterocycles. The van der Waals surface area contributed by atoms with Crippen molar-refractivity contribution in [2.75, 3.05) is 24.5 Å². The number of hydrogen-bond acceptors (Lipinski definition) is 3. The molecule has 4 aromatic rings. The Balaban J connectivity index is 1.20. The fraction of sp³-hybridized carbons (Fsp3) is 0.297. The van der Waals surface area contributed by atoms with Crippen molar-refractivity contribution in [1.82, 2.24) is 5.32 Å². The number of rotatable bonds is 11. The standard InChI is InChI=1S/C37H40N2O2/c1-2-23-38-37(41)36(30-13-7-4-8-14-30)31-21-24-39(25-22-31)33-19-17-29(18-20-33)27-35(40)34-16-10-9-15-32(34)26-28-11-5-3-6-12-28/h3-20,31,36H,2,21-27H2,1H3,(H,38,41). The SMILES string of the molecule is CCCNC(=O)C(c1ccccc1)C1CCN(c2ccc(CC(=O)c3ccccc3Cc3ccccc3)cc2)CC1. The molecule has 0 spiro atoms. The van der Waals surface area contributed by atoms with Crippen LogP contribution in [0.3, 0.4) is 0 Å². The van der Waals surface area contributed by atoms with Crippen LogP contribution < -0.4 is 10.2 Å². The number of benzene rings is 4. The molecule has 1 N–H and O–H groups in total. The highest BCUT2D eigenvalue weighted by Crippen LogP contribution is 2.34. The monoisotopic (exact) mass is 544 g/mol. The molecule has 1 heterocycles. The summed E-state index contributed by atoms with van der Waals surface area (Å²) in [5, 5.41) is 3.14. The molecule has 1 aliphatic rings. The van der Waals surface area contributed by atoms with Gasteiger partial charge < -0.3 is 10.2 Å². The van der Waals surface area contributed by atoms with Gasteiger partial charge >= 0.3 is 0 Å². The Labute approximate surface area is 244 Å². The van der Waals surface area contributed by atoms with E-state index in [-0.39, 0.29) is 17.6 Å². The van der Waals surface area contributed by atoms with Crippen LogP contribution in [0.15, 0.2) is 109 Å². The van der Waals surface area contributed by atoms with Crippen LogP contribution in [0.5, 0.6) is 0 Å². The Kier molecular flexibility index (Phi) is 9.64. The lowest BCUT2D eigenvalue weighted by atomic mass is 9.79. The third-order valence-electron chi connectivity index (χ3n) is 8.22. The first-order valence-corrected chi connectivity index (χ1v) is 14.9. The van der Waals surface area contributed by atoms with Crippen LogP contribution in [-0.4, -0.2) is 31.3 Å². The van der Waals surface area contributed by atoms with E-state index in [1.54, 1.807) is 0 Å². The van der Waals surface area contributed by atoms with Crippen molar-refractivity contribution >= 4 is 17.4 Å². The van der Waals surface area contributed by atoms with Gasteiger partial charge in [0.2, 0.25) is 5.91 Å². The minimum atomic E-state index is -0.108.